The third-order valence-electron chi connectivity index (χ3n) is 2.84. The lowest BCUT2D eigenvalue weighted by atomic mass is 10.1. The van der Waals surface area contributed by atoms with Crippen LogP contribution < -0.4 is 4.74 Å². The highest BCUT2D eigenvalue weighted by molar-refractivity contribution is 5.89. The highest BCUT2D eigenvalue weighted by atomic mass is 16.5. The molecular formula is C16H16O3. The molecular weight excluding hydrogens is 240 g/mol. The number of hydrogen-bond acceptors (Lipinski definition) is 3. The van der Waals surface area contributed by atoms with E-state index >= 15 is 0 Å². The number of benzene rings is 2. The molecule has 0 spiro atoms. The van der Waals surface area contributed by atoms with Gasteiger partial charge < -0.3 is 9.47 Å². The van der Waals surface area contributed by atoms with Crippen LogP contribution in [-0.4, -0.2) is 13.1 Å². The van der Waals surface area contributed by atoms with Gasteiger partial charge in [0.2, 0.25) is 0 Å². The van der Waals surface area contributed by atoms with Crippen LogP contribution >= 0.6 is 0 Å². The Morgan fingerprint density at radius 2 is 1.84 bits per heavy atom. The van der Waals surface area contributed by atoms with Crippen LogP contribution in [0.15, 0.2) is 48.5 Å². The molecule has 0 aliphatic carbocycles. The molecule has 0 heterocycles. The average molecular weight is 256 g/mol. The summed E-state index contributed by atoms with van der Waals surface area (Å²) in [4.78, 5) is 11.9. The van der Waals surface area contributed by atoms with E-state index in [0.717, 1.165) is 16.9 Å². The quantitative estimate of drug-likeness (QED) is 0.787. The monoisotopic (exact) mass is 256 g/mol. The van der Waals surface area contributed by atoms with Crippen LogP contribution in [-0.2, 0) is 11.3 Å². The number of carbonyl (C=O) groups is 1. The van der Waals surface area contributed by atoms with Gasteiger partial charge in [0.25, 0.3) is 0 Å². The number of hydrogen-bond donors (Lipinski definition) is 0. The summed E-state index contributed by atoms with van der Waals surface area (Å²) in [5, 5.41) is 0. The number of rotatable bonds is 4. The topological polar surface area (TPSA) is 35.5 Å². The Morgan fingerprint density at radius 1 is 1.11 bits per heavy atom. The van der Waals surface area contributed by atoms with Gasteiger partial charge in [0.1, 0.15) is 12.4 Å². The van der Waals surface area contributed by atoms with Crippen molar-refractivity contribution in [3.05, 3.63) is 65.2 Å². The molecule has 0 amide bonds. The molecule has 3 nitrogen and oxygen atoms in total. The molecule has 0 aliphatic rings. The Kier molecular flexibility index (Phi) is 4.18. The second-order valence-corrected chi connectivity index (χ2v) is 4.25. The molecule has 0 saturated heterocycles. The Balaban J connectivity index is 2.02. The molecule has 98 valence electrons. The van der Waals surface area contributed by atoms with Gasteiger partial charge in [-0.05, 0) is 36.2 Å². The van der Waals surface area contributed by atoms with Gasteiger partial charge in [-0.2, -0.15) is 0 Å². The maximum atomic E-state index is 11.9. The van der Waals surface area contributed by atoms with Gasteiger partial charge in [0, 0.05) is 0 Å². The van der Waals surface area contributed by atoms with E-state index in [1.807, 2.05) is 37.3 Å². The second kappa shape index (κ2) is 6.05. The van der Waals surface area contributed by atoms with E-state index in [9.17, 15) is 4.79 Å². The Labute approximate surface area is 112 Å². The highest BCUT2D eigenvalue weighted by Crippen LogP contribution is 2.19. The average Bonchev–Trinajstić information content (AvgIpc) is 2.45. The van der Waals surface area contributed by atoms with E-state index in [1.54, 1.807) is 25.3 Å². The first kappa shape index (κ1) is 13.1. The van der Waals surface area contributed by atoms with Crippen molar-refractivity contribution in [2.75, 3.05) is 7.11 Å². The summed E-state index contributed by atoms with van der Waals surface area (Å²) in [6.07, 6.45) is 0. The SMILES string of the molecule is COc1ccc(C(=O)OCc2ccccc2)cc1C. The fourth-order valence-corrected chi connectivity index (χ4v) is 1.81. The molecule has 0 radical (unpaired) electrons. The molecule has 0 atom stereocenters. The molecule has 0 saturated carbocycles. The molecule has 19 heavy (non-hydrogen) atoms. The van der Waals surface area contributed by atoms with Crippen LogP contribution in [0.5, 0.6) is 5.75 Å². The van der Waals surface area contributed by atoms with Gasteiger partial charge in [-0.25, -0.2) is 4.79 Å². The molecule has 2 rings (SSSR count). The van der Waals surface area contributed by atoms with Crippen LogP contribution in [0.4, 0.5) is 0 Å². The summed E-state index contributed by atoms with van der Waals surface area (Å²) in [6, 6.07) is 14.9. The minimum atomic E-state index is -0.324. The Hall–Kier alpha value is -2.29. The zero-order chi connectivity index (χ0) is 13.7. The molecule has 0 unspecified atom stereocenters. The molecule has 0 aromatic heterocycles. The maximum Gasteiger partial charge on any atom is 0.338 e. The molecule has 0 aliphatic heterocycles. The van der Waals surface area contributed by atoms with E-state index in [0.29, 0.717) is 5.56 Å². The van der Waals surface area contributed by atoms with E-state index in [1.165, 1.54) is 0 Å². The van der Waals surface area contributed by atoms with Gasteiger partial charge >= 0.3 is 5.97 Å². The lowest BCUT2D eigenvalue weighted by Crippen LogP contribution is -2.05. The lowest BCUT2D eigenvalue weighted by Gasteiger charge is -2.08. The van der Waals surface area contributed by atoms with Crippen molar-refractivity contribution in [3.8, 4) is 5.75 Å². The van der Waals surface area contributed by atoms with Gasteiger partial charge in [-0.15, -0.1) is 0 Å². The van der Waals surface area contributed by atoms with E-state index in [4.69, 9.17) is 9.47 Å². The molecule has 0 N–H and O–H groups in total. The first-order chi connectivity index (χ1) is 9.20. The minimum absolute atomic E-state index is 0.282. The molecule has 3 heteroatoms. The van der Waals surface area contributed by atoms with Crippen molar-refractivity contribution in [1.29, 1.82) is 0 Å². The largest absolute Gasteiger partial charge is 0.496 e. The van der Waals surface area contributed by atoms with Crippen molar-refractivity contribution in [1.82, 2.24) is 0 Å². The smallest absolute Gasteiger partial charge is 0.338 e. The number of esters is 1. The van der Waals surface area contributed by atoms with E-state index in [2.05, 4.69) is 0 Å². The fourth-order valence-electron chi connectivity index (χ4n) is 1.81. The molecule has 0 bridgehead atoms. The number of ether oxygens (including phenoxy) is 2. The Bertz CT molecular complexity index is 561. The first-order valence-corrected chi connectivity index (χ1v) is 6.06. The van der Waals surface area contributed by atoms with Crippen LogP contribution in [0.2, 0.25) is 0 Å². The summed E-state index contributed by atoms with van der Waals surface area (Å²) >= 11 is 0. The van der Waals surface area contributed by atoms with Crippen LogP contribution in [0.1, 0.15) is 21.5 Å². The van der Waals surface area contributed by atoms with Crippen molar-refractivity contribution in [2.24, 2.45) is 0 Å². The summed E-state index contributed by atoms with van der Waals surface area (Å²) in [6.45, 7) is 2.18. The van der Waals surface area contributed by atoms with Crippen molar-refractivity contribution in [3.63, 3.8) is 0 Å². The van der Waals surface area contributed by atoms with Gasteiger partial charge in [0.15, 0.2) is 0 Å². The molecule has 2 aromatic carbocycles. The van der Waals surface area contributed by atoms with Gasteiger partial charge in [-0.3, -0.25) is 0 Å². The van der Waals surface area contributed by atoms with E-state index in [-0.39, 0.29) is 12.6 Å². The van der Waals surface area contributed by atoms with Gasteiger partial charge in [-0.1, -0.05) is 30.3 Å². The van der Waals surface area contributed by atoms with Crippen LogP contribution in [0.3, 0.4) is 0 Å². The summed E-state index contributed by atoms with van der Waals surface area (Å²) in [7, 11) is 1.61. The van der Waals surface area contributed by atoms with Crippen molar-refractivity contribution < 1.29 is 14.3 Å². The lowest BCUT2D eigenvalue weighted by molar-refractivity contribution is 0.0472. The third-order valence-corrected chi connectivity index (χ3v) is 2.84. The minimum Gasteiger partial charge on any atom is -0.496 e. The zero-order valence-electron chi connectivity index (χ0n) is 11.1. The van der Waals surface area contributed by atoms with Crippen LogP contribution in [0.25, 0.3) is 0 Å². The standard InChI is InChI=1S/C16H16O3/c1-12-10-14(8-9-15(12)18-2)16(17)19-11-13-6-4-3-5-7-13/h3-10H,11H2,1-2H3. The number of aryl methyl sites for hydroxylation is 1. The number of carbonyl (C=O) groups excluding carboxylic acids is 1. The highest BCUT2D eigenvalue weighted by Gasteiger charge is 2.09. The predicted molar refractivity (Wildman–Crippen MR) is 73.3 cm³/mol. The Morgan fingerprint density at radius 3 is 2.47 bits per heavy atom. The van der Waals surface area contributed by atoms with Crippen molar-refractivity contribution in [2.45, 2.75) is 13.5 Å². The van der Waals surface area contributed by atoms with Crippen molar-refractivity contribution >= 4 is 5.97 Å². The van der Waals surface area contributed by atoms with Crippen LogP contribution in [0, 0.1) is 6.92 Å². The maximum absolute atomic E-state index is 11.9. The molecule has 2 aromatic rings. The second-order valence-electron chi connectivity index (χ2n) is 4.25. The zero-order valence-corrected chi connectivity index (χ0v) is 11.1. The molecule has 0 fully saturated rings. The normalized spacial score (nSPS) is 10.0. The fraction of sp³-hybridized carbons (Fsp3) is 0.188. The third kappa shape index (κ3) is 3.35. The predicted octanol–water partition coefficient (Wildman–Crippen LogP) is 3.36. The van der Waals surface area contributed by atoms with E-state index < -0.39 is 0 Å². The van der Waals surface area contributed by atoms with Gasteiger partial charge in [0.05, 0.1) is 12.7 Å². The summed E-state index contributed by atoms with van der Waals surface area (Å²) in [5.41, 5.74) is 2.42. The summed E-state index contributed by atoms with van der Waals surface area (Å²) < 4.78 is 10.4. The number of methoxy groups -OCH3 is 1. The first-order valence-electron chi connectivity index (χ1n) is 6.06. The summed E-state index contributed by atoms with van der Waals surface area (Å²) in [5.74, 6) is 0.439.